The molecule has 0 fully saturated rings. The van der Waals surface area contributed by atoms with E-state index in [1.54, 1.807) is 12.1 Å². The van der Waals surface area contributed by atoms with Crippen LogP contribution < -0.4 is 0 Å². The van der Waals surface area contributed by atoms with E-state index in [0.717, 1.165) is 12.8 Å². The van der Waals surface area contributed by atoms with Crippen molar-refractivity contribution in [1.82, 2.24) is 0 Å². The van der Waals surface area contributed by atoms with Crippen molar-refractivity contribution in [3.8, 4) is 0 Å². The highest BCUT2D eigenvalue weighted by atomic mass is 16.3. The zero-order valence-electron chi connectivity index (χ0n) is 8.44. The number of aliphatic hydroxyl groups is 1. The first kappa shape index (κ1) is 10.9. The first-order valence-corrected chi connectivity index (χ1v) is 4.99. The number of Topliss-reactive ketones (excluding diaryl/α,β-unsaturated/α-hetero) is 1. The number of ketones is 1. The van der Waals surface area contributed by atoms with Gasteiger partial charge in [-0.1, -0.05) is 43.7 Å². The molecule has 1 aromatic rings. The lowest BCUT2D eigenvalue weighted by Crippen LogP contribution is -2.18. The summed E-state index contributed by atoms with van der Waals surface area (Å²) in [6.45, 7) is 1.96. The number of rotatable bonds is 5. The second-order valence-corrected chi connectivity index (χ2v) is 3.40. The summed E-state index contributed by atoms with van der Waals surface area (Å²) in [6.07, 6.45) is 1.67. The molecule has 76 valence electrons. The lowest BCUT2D eigenvalue weighted by atomic mass is 9.94. The van der Waals surface area contributed by atoms with Crippen molar-refractivity contribution in [2.75, 3.05) is 6.61 Å². The van der Waals surface area contributed by atoms with Gasteiger partial charge < -0.3 is 5.11 Å². The predicted octanol–water partition coefficient (Wildman–Crippen LogP) is 2.28. The van der Waals surface area contributed by atoms with Gasteiger partial charge in [0.2, 0.25) is 0 Å². The molecule has 1 N–H and O–H groups in total. The lowest BCUT2D eigenvalue weighted by molar-refractivity contribution is 0.0850. The van der Waals surface area contributed by atoms with Gasteiger partial charge in [0.15, 0.2) is 5.78 Å². The molecule has 1 unspecified atom stereocenters. The van der Waals surface area contributed by atoms with Gasteiger partial charge in [0, 0.05) is 11.5 Å². The van der Waals surface area contributed by atoms with Crippen molar-refractivity contribution in [1.29, 1.82) is 0 Å². The number of hydrogen-bond donors (Lipinski definition) is 1. The third kappa shape index (κ3) is 2.67. The highest BCUT2D eigenvalue weighted by molar-refractivity contribution is 5.97. The van der Waals surface area contributed by atoms with Gasteiger partial charge in [0.05, 0.1) is 6.61 Å². The van der Waals surface area contributed by atoms with Crippen LogP contribution in [0.25, 0.3) is 0 Å². The molecule has 0 saturated carbocycles. The fraction of sp³-hybridized carbons (Fsp3) is 0.417. The summed E-state index contributed by atoms with van der Waals surface area (Å²) in [5.41, 5.74) is 0.694. The lowest BCUT2D eigenvalue weighted by Gasteiger charge is -2.11. The van der Waals surface area contributed by atoms with Crippen LogP contribution in [-0.2, 0) is 0 Å². The number of aliphatic hydroxyl groups excluding tert-OH is 1. The van der Waals surface area contributed by atoms with E-state index in [4.69, 9.17) is 5.11 Å². The third-order valence-corrected chi connectivity index (χ3v) is 2.29. The third-order valence-electron chi connectivity index (χ3n) is 2.29. The fourth-order valence-corrected chi connectivity index (χ4v) is 1.49. The molecule has 0 bridgehead atoms. The molecule has 1 atom stereocenters. The zero-order valence-corrected chi connectivity index (χ0v) is 8.44. The maximum absolute atomic E-state index is 11.8. The van der Waals surface area contributed by atoms with Crippen LogP contribution in [0.1, 0.15) is 30.1 Å². The van der Waals surface area contributed by atoms with Gasteiger partial charge in [0.1, 0.15) is 0 Å². The Hall–Kier alpha value is -1.15. The summed E-state index contributed by atoms with van der Waals surface area (Å²) in [5, 5.41) is 9.07. The van der Waals surface area contributed by atoms with E-state index in [-0.39, 0.29) is 18.3 Å². The van der Waals surface area contributed by atoms with Gasteiger partial charge in [-0.15, -0.1) is 0 Å². The van der Waals surface area contributed by atoms with Crippen LogP contribution in [-0.4, -0.2) is 17.5 Å². The highest BCUT2D eigenvalue weighted by Gasteiger charge is 2.17. The van der Waals surface area contributed by atoms with E-state index in [1.807, 2.05) is 25.1 Å². The van der Waals surface area contributed by atoms with E-state index in [2.05, 4.69) is 0 Å². The molecular weight excluding hydrogens is 176 g/mol. The smallest absolute Gasteiger partial charge is 0.168 e. The Labute approximate surface area is 84.6 Å². The van der Waals surface area contributed by atoms with E-state index < -0.39 is 0 Å². The van der Waals surface area contributed by atoms with Crippen LogP contribution in [0.3, 0.4) is 0 Å². The Bertz CT molecular complexity index is 280. The molecule has 1 rings (SSSR count). The number of carbonyl (C=O) groups excluding carboxylic acids is 1. The topological polar surface area (TPSA) is 37.3 Å². The largest absolute Gasteiger partial charge is 0.396 e. The maximum Gasteiger partial charge on any atom is 0.168 e. The quantitative estimate of drug-likeness (QED) is 0.727. The molecule has 0 spiro atoms. The summed E-state index contributed by atoms with van der Waals surface area (Å²) >= 11 is 0. The van der Waals surface area contributed by atoms with E-state index in [0.29, 0.717) is 5.56 Å². The summed E-state index contributed by atoms with van der Waals surface area (Å²) in [6, 6.07) is 9.15. The first-order valence-electron chi connectivity index (χ1n) is 4.99. The van der Waals surface area contributed by atoms with Crippen LogP contribution in [0.15, 0.2) is 30.3 Å². The summed E-state index contributed by atoms with van der Waals surface area (Å²) in [4.78, 5) is 11.8. The predicted molar refractivity (Wildman–Crippen MR) is 56.3 cm³/mol. The minimum atomic E-state index is -0.234. The Morgan fingerprint density at radius 1 is 1.36 bits per heavy atom. The van der Waals surface area contributed by atoms with Crippen LogP contribution >= 0.6 is 0 Å². The molecule has 1 aromatic carbocycles. The monoisotopic (exact) mass is 192 g/mol. The first-order chi connectivity index (χ1) is 6.79. The molecule has 0 aliphatic heterocycles. The Morgan fingerprint density at radius 2 is 2.00 bits per heavy atom. The molecule has 0 aliphatic rings. The maximum atomic E-state index is 11.8. The Morgan fingerprint density at radius 3 is 2.50 bits per heavy atom. The van der Waals surface area contributed by atoms with Crippen molar-refractivity contribution in [2.24, 2.45) is 5.92 Å². The van der Waals surface area contributed by atoms with Crippen molar-refractivity contribution in [3.63, 3.8) is 0 Å². The average molecular weight is 192 g/mol. The van der Waals surface area contributed by atoms with Gasteiger partial charge in [-0.3, -0.25) is 4.79 Å². The van der Waals surface area contributed by atoms with Crippen LogP contribution in [0.2, 0.25) is 0 Å². The molecular formula is C12H16O2. The van der Waals surface area contributed by atoms with Gasteiger partial charge in [0.25, 0.3) is 0 Å². The number of carbonyl (C=O) groups is 1. The minimum Gasteiger partial charge on any atom is -0.396 e. The minimum absolute atomic E-state index is 0.0509. The normalized spacial score (nSPS) is 12.4. The molecule has 0 radical (unpaired) electrons. The molecule has 14 heavy (non-hydrogen) atoms. The standard InChI is InChI=1S/C12H16O2/c1-2-6-11(9-13)12(14)10-7-4-3-5-8-10/h3-5,7-8,11,13H,2,6,9H2,1H3. The van der Waals surface area contributed by atoms with Crippen molar-refractivity contribution < 1.29 is 9.90 Å². The molecule has 2 nitrogen and oxygen atoms in total. The summed E-state index contributed by atoms with van der Waals surface area (Å²) in [7, 11) is 0. The molecule has 0 heterocycles. The fourth-order valence-electron chi connectivity index (χ4n) is 1.49. The van der Waals surface area contributed by atoms with Crippen LogP contribution in [0, 0.1) is 5.92 Å². The van der Waals surface area contributed by atoms with Crippen molar-refractivity contribution in [3.05, 3.63) is 35.9 Å². The van der Waals surface area contributed by atoms with Gasteiger partial charge in [-0.25, -0.2) is 0 Å². The van der Waals surface area contributed by atoms with Crippen LogP contribution in [0.5, 0.6) is 0 Å². The van der Waals surface area contributed by atoms with Gasteiger partial charge >= 0.3 is 0 Å². The van der Waals surface area contributed by atoms with E-state index >= 15 is 0 Å². The average Bonchev–Trinajstić information content (AvgIpc) is 2.26. The molecule has 2 heteroatoms. The molecule has 0 amide bonds. The highest BCUT2D eigenvalue weighted by Crippen LogP contribution is 2.13. The molecule has 0 aromatic heterocycles. The SMILES string of the molecule is CCCC(CO)C(=O)c1ccccc1. The molecule has 0 aliphatic carbocycles. The zero-order chi connectivity index (χ0) is 10.4. The van der Waals surface area contributed by atoms with Crippen molar-refractivity contribution in [2.45, 2.75) is 19.8 Å². The number of hydrogen-bond acceptors (Lipinski definition) is 2. The summed E-state index contributed by atoms with van der Waals surface area (Å²) < 4.78 is 0. The van der Waals surface area contributed by atoms with Gasteiger partial charge in [-0.2, -0.15) is 0 Å². The summed E-state index contributed by atoms with van der Waals surface area (Å²) in [5.74, 6) is -0.183. The number of benzene rings is 1. The second-order valence-electron chi connectivity index (χ2n) is 3.40. The van der Waals surface area contributed by atoms with E-state index in [1.165, 1.54) is 0 Å². The Kier molecular flexibility index (Phi) is 4.33. The van der Waals surface area contributed by atoms with Crippen molar-refractivity contribution >= 4 is 5.78 Å². The molecule has 0 saturated heterocycles. The Balaban J connectivity index is 2.73. The van der Waals surface area contributed by atoms with Gasteiger partial charge in [-0.05, 0) is 6.42 Å². The van der Waals surface area contributed by atoms with E-state index in [9.17, 15) is 4.79 Å². The second kappa shape index (κ2) is 5.55. The van der Waals surface area contributed by atoms with Crippen LogP contribution in [0.4, 0.5) is 0 Å².